The van der Waals surface area contributed by atoms with Gasteiger partial charge in [0.1, 0.15) is 5.69 Å². The molecule has 1 aliphatic carbocycles. The molecule has 2 amide bonds. The van der Waals surface area contributed by atoms with Crippen LogP contribution in [0.3, 0.4) is 0 Å². The number of amides is 2. The Kier molecular flexibility index (Phi) is 5.43. The van der Waals surface area contributed by atoms with Crippen LogP contribution in [0.15, 0.2) is 36.5 Å². The van der Waals surface area contributed by atoms with Crippen LogP contribution in [0.2, 0.25) is 0 Å². The molecule has 0 bridgehead atoms. The predicted molar refractivity (Wildman–Crippen MR) is 89.6 cm³/mol. The highest BCUT2D eigenvalue weighted by Gasteiger charge is 2.25. The average Bonchev–Trinajstić information content (AvgIpc) is 3.10. The van der Waals surface area contributed by atoms with E-state index in [4.69, 9.17) is 0 Å². The summed E-state index contributed by atoms with van der Waals surface area (Å²) in [6, 6.07) is 9.51. The third kappa shape index (κ3) is 4.11. The zero-order valence-corrected chi connectivity index (χ0v) is 13.6. The molecule has 0 spiro atoms. The average molecular weight is 329 g/mol. The number of hydrogen-bond acceptors (Lipinski definition) is 4. The van der Waals surface area contributed by atoms with Gasteiger partial charge in [-0.3, -0.25) is 0 Å². The Bertz CT molecular complexity index is 658. The quantitative estimate of drug-likeness (QED) is 0.777. The van der Waals surface area contributed by atoms with E-state index in [1.54, 1.807) is 10.9 Å². The number of para-hydroxylation sites is 1. The SMILES string of the molecule is O=C(NCc1cn(-c2ccccc2)nn1)NC1CCCCC1CO. The zero-order chi connectivity index (χ0) is 16.8. The Balaban J connectivity index is 1.50. The molecule has 1 aromatic carbocycles. The number of benzene rings is 1. The van der Waals surface area contributed by atoms with Crippen molar-refractivity contribution in [2.24, 2.45) is 5.92 Å². The minimum atomic E-state index is -0.227. The molecule has 1 saturated carbocycles. The van der Waals surface area contributed by atoms with Crippen molar-refractivity contribution >= 4 is 6.03 Å². The van der Waals surface area contributed by atoms with Crippen molar-refractivity contribution in [2.45, 2.75) is 38.3 Å². The van der Waals surface area contributed by atoms with Gasteiger partial charge in [0.15, 0.2) is 0 Å². The topological polar surface area (TPSA) is 92.1 Å². The molecule has 2 aromatic rings. The summed E-state index contributed by atoms with van der Waals surface area (Å²) in [7, 11) is 0. The summed E-state index contributed by atoms with van der Waals surface area (Å²) in [6.07, 6.45) is 5.89. The van der Waals surface area contributed by atoms with Crippen molar-refractivity contribution in [3.05, 3.63) is 42.2 Å². The minimum absolute atomic E-state index is 0.0451. The first-order valence-electron chi connectivity index (χ1n) is 8.38. The lowest BCUT2D eigenvalue weighted by atomic mass is 9.85. The number of nitrogens with one attached hydrogen (secondary N) is 2. The molecule has 1 fully saturated rings. The monoisotopic (exact) mass is 329 g/mol. The second kappa shape index (κ2) is 7.92. The van der Waals surface area contributed by atoms with Gasteiger partial charge >= 0.3 is 6.03 Å². The molecule has 7 nitrogen and oxygen atoms in total. The van der Waals surface area contributed by atoms with Crippen LogP contribution in [-0.4, -0.2) is 38.8 Å². The minimum Gasteiger partial charge on any atom is -0.396 e. The summed E-state index contributed by atoms with van der Waals surface area (Å²) >= 11 is 0. The fourth-order valence-electron chi connectivity index (χ4n) is 3.09. The van der Waals surface area contributed by atoms with Crippen molar-refractivity contribution in [3.63, 3.8) is 0 Å². The van der Waals surface area contributed by atoms with Crippen LogP contribution >= 0.6 is 0 Å². The van der Waals surface area contributed by atoms with Crippen LogP contribution in [0.25, 0.3) is 5.69 Å². The number of carbonyl (C=O) groups is 1. The fourth-order valence-corrected chi connectivity index (χ4v) is 3.09. The van der Waals surface area contributed by atoms with E-state index in [0.717, 1.165) is 31.4 Å². The van der Waals surface area contributed by atoms with Crippen molar-refractivity contribution in [2.75, 3.05) is 6.61 Å². The first-order chi connectivity index (χ1) is 11.8. The molecule has 24 heavy (non-hydrogen) atoms. The molecule has 0 radical (unpaired) electrons. The van der Waals surface area contributed by atoms with Gasteiger partial charge in [0.25, 0.3) is 0 Å². The van der Waals surface area contributed by atoms with Gasteiger partial charge in [-0.1, -0.05) is 36.3 Å². The van der Waals surface area contributed by atoms with E-state index in [1.807, 2.05) is 30.3 Å². The number of aliphatic hydroxyl groups is 1. The zero-order valence-electron chi connectivity index (χ0n) is 13.6. The number of hydrogen-bond donors (Lipinski definition) is 3. The van der Waals surface area contributed by atoms with Crippen LogP contribution in [0, 0.1) is 5.92 Å². The van der Waals surface area contributed by atoms with Crippen molar-refractivity contribution < 1.29 is 9.90 Å². The van der Waals surface area contributed by atoms with E-state index in [9.17, 15) is 9.90 Å². The molecule has 2 atom stereocenters. The van der Waals surface area contributed by atoms with E-state index in [1.165, 1.54) is 0 Å². The molecule has 1 aliphatic rings. The molecule has 7 heteroatoms. The number of urea groups is 1. The van der Waals surface area contributed by atoms with Crippen LogP contribution in [-0.2, 0) is 6.54 Å². The fraction of sp³-hybridized carbons (Fsp3) is 0.471. The maximum Gasteiger partial charge on any atom is 0.315 e. The number of carbonyl (C=O) groups excluding carboxylic acids is 1. The van der Waals surface area contributed by atoms with Crippen LogP contribution < -0.4 is 10.6 Å². The highest BCUT2D eigenvalue weighted by atomic mass is 16.3. The van der Waals surface area contributed by atoms with Crippen LogP contribution in [0.5, 0.6) is 0 Å². The van der Waals surface area contributed by atoms with Gasteiger partial charge in [0.05, 0.1) is 18.4 Å². The molecule has 2 unspecified atom stereocenters. The molecule has 0 aliphatic heterocycles. The molecular formula is C17H23N5O2. The number of nitrogens with zero attached hydrogens (tertiary/aromatic N) is 3. The maximum absolute atomic E-state index is 12.1. The Morgan fingerprint density at radius 1 is 1.25 bits per heavy atom. The lowest BCUT2D eigenvalue weighted by Crippen LogP contribution is -2.47. The summed E-state index contributed by atoms with van der Waals surface area (Å²) in [5, 5.41) is 23.3. The van der Waals surface area contributed by atoms with Gasteiger partial charge in [-0.2, -0.15) is 0 Å². The molecule has 1 aromatic heterocycles. The molecule has 128 valence electrons. The number of rotatable bonds is 5. The van der Waals surface area contributed by atoms with Gasteiger partial charge < -0.3 is 15.7 Å². The van der Waals surface area contributed by atoms with E-state index in [-0.39, 0.29) is 24.6 Å². The first-order valence-corrected chi connectivity index (χ1v) is 8.38. The number of aromatic nitrogens is 3. The number of aliphatic hydroxyl groups excluding tert-OH is 1. The van der Waals surface area contributed by atoms with Crippen LogP contribution in [0.4, 0.5) is 4.79 Å². The van der Waals surface area contributed by atoms with Gasteiger partial charge in [0.2, 0.25) is 0 Å². The summed E-state index contributed by atoms with van der Waals surface area (Å²) in [5.41, 5.74) is 1.62. The molecular weight excluding hydrogens is 306 g/mol. The maximum atomic E-state index is 12.1. The Labute approximate surface area is 141 Å². The highest BCUT2D eigenvalue weighted by molar-refractivity contribution is 5.74. The van der Waals surface area contributed by atoms with Crippen molar-refractivity contribution in [3.8, 4) is 5.69 Å². The van der Waals surface area contributed by atoms with E-state index < -0.39 is 0 Å². The third-order valence-electron chi connectivity index (χ3n) is 4.45. The third-order valence-corrected chi connectivity index (χ3v) is 4.45. The second-order valence-electron chi connectivity index (χ2n) is 6.15. The van der Waals surface area contributed by atoms with Crippen molar-refractivity contribution in [1.82, 2.24) is 25.6 Å². The molecule has 1 heterocycles. The summed E-state index contributed by atoms with van der Waals surface area (Å²) in [6.45, 7) is 0.436. The highest BCUT2D eigenvalue weighted by Crippen LogP contribution is 2.23. The smallest absolute Gasteiger partial charge is 0.315 e. The van der Waals surface area contributed by atoms with E-state index in [0.29, 0.717) is 12.2 Å². The van der Waals surface area contributed by atoms with E-state index >= 15 is 0 Å². The molecule has 3 N–H and O–H groups in total. The summed E-state index contributed by atoms with van der Waals surface area (Å²) < 4.78 is 1.68. The van der Waals surface area contributed by atoms with Gasteiger partial charge in [-0.25, -0.2) is 9.48 Å². The Hall–Kier alpha value is -2.41. The predicted octanol–water partition coefficient (Wildman–Crippen LogP) is 1.62. The van der Waals surface area contributed by atoms with Gasteiger partial charge in [-0.15, -0.1) is 5.10 Å². The lowest BCUT2D eigenvalue weighted by molar-refractivity contribution is 0.153. The van der Waals surface area contributed by atoms with Gasteiger partial charge in [0, 0.05) is 18.6 Å². The Morgan fingerprint density at radius 3 is 2.83 bits per heavy atom. The first kappa shape index (κ1) is 16.4. The normalized spacial score (nSPS) is 20.5. The molecule has 0 saturated heterocycles. The largest absolute Gasteiger partial charge is 0.396 e. The van der Waals surface area contributed by atoms with Gasteiger partial charge in [-0.05, 0) is 25.0 Å². The van der Waals surface area contributed by atoms with Crippen molar-refractivity contribution in [1.29, 1.82) is 0 Å². The summed E-state index contributed by atoms with van der Waals surface area (Å²) in [4.78, 5) is 12.1. The van der Waals surface area contributed by atoms with E-state index in [2.05, 4.69) is 20.9 Å². The second-order valence-corrected chi connectivity index (χ2v) is 6.15. The summed E-state index contributed by atoms with van der Waals surface area (Å²) in [5.74, 6) is 0.156. The standard InChI is InChI=1S/C17H23N5O2/c23-12-13-6-4-5-9-16(13)19-17(24)18-10-14-11-22(21-20-14)15-7-2-1-3-8-15/h1-3,7-8,11,13,16,23H,4-6,9-10,12H2,(H2,18,19,24). The Morgan fingerprint density at radius 2 is 2.04 bits per heavy atom. The van der Waals surface area contributed by atoms with Crippen LogP contribution in [0.1, 0.15) is 31.4 Å². The lowest BCUT2D eigenvalue weighted by Gasteiger charge is -2.30. The molecule has 3 rings (SSSR count).